The Bertz CT molecular complexity index is 420. The highest BCUT2D eigenvalue weighted by Gasteiger charge is 2.69. The number of nitrogens with two attached hydrogens (primary N) is 1. The summed E-state index contributed by atoms with van der Waals surface area (Å²) in [6, 6.07) is 0. The van der Waals surface area contributed by atoms with Crippen molar-refractivity contribution in [2.45, 2.75) is 79.1 Å². The van der Waals surface area contributed by atoms with Crippen LogP contribution in [0.25, 0.3) is 0 Å². The van der Waals surface area contributed by atoms with E-state index in [0.717, 1.165) is 51.4 Å². The largest absolute Gasteiger partial charge is 0.477 e. The summed E-state index contributed by atoms with van der Waals surface area (Å²) in [6.45, 7) is 10.6. The second-order valence-corrected chi connectivity index (χ2v) is 14.0. The van der Waals surface area contributed by atoms with Crippen molar-refractivity contribution in [3.8, 4) is 0 Å². The summed E-state index contributed by atoms with van der Waals surface area (Å²) < 4.78 is 24.7. The van der Waals surface area contributed by atoms with Gasteiger partial charge in [0.25, 0.3) is 0 Å². The fourth-order valence-corrected chi connectivity index (χ4v) is 12.3. The Labute approximate surface area is 172 Å². The van der Waals surface area contributed by atoms with Gasteiger partial charge in [0.2, 0.25) is 7.51 Å². The van der Waals surface area contributed by atoms with Crippen LogP contribution in [0.4, 0.5) is 0 Å². The van der Waals surface area contributed by atoms with E-state index in [-0.39, 0.29) is 0 Å². The zero-order chi connectivity index (χ0) is 20.9. The van der Waals surface area contributed by atoms with Gasteiger partial charge in [0.05, 0.1) is 31.3 Å². The van der Waals surface area contributed by atoms with Crippen LogP contribution in [0, 0.1) is 5.16 Å². The van der Waals surface area contributed by atoms with Crippen LogP contribution < -0.4 is 20.1 Å². The average molecular weight is 461 g/mol. The molecule has 0 atom stereocenters. The van der Waals surface area contributed by atoms with Gasteiger partial charge in [-0.3, -0.25) is 10.7 Å². The van der Waals surface area contributed by atoms with E-state index in [0.29, 0.717) is 26.4 Å². The fraction of sp³-hybridized carbons (Fsp3) is 1.00. The topological polar surface area (TPSA) is 123 Å². The maximum absolute atomic E-state index is 8.62. The Kier molecular flexibility index (Phi) is 13.4. The van der Waals surface area contributed by atoms with Crippen LogP contribution in [0.1, 0.15) is 79.1 Å². The minimum absolute atomic E-state index is 0.528. The highest BCUT2D eigenvalue weighted by Crippen LogP contribution is 2.76. The molecule has 1 saturated heterocycles. The van der Waals surface area contributed by atoms with Crippen LogP contribution in [-0.2, 0) is 18.1 Å². The molecular formula is C16H42N5O4P3+2. The summed E-state index contributed by atoms with van der Waals surface area (Å²) in [4.78, 5) is 9.67. The third-order valence-corrected chi connectivity index (χ3v) is 12.8. The van der Waals surface area contributed by atoms with Crippen molar-refractivity contribution in [1.82, 2.24) is 14.6 Å². The predicted molar refractivity (Wildman–Crippen MR) is 121 cm³/mol. The molecule has 1 rings (SSSR count). The molecule has 0 spiro atoms. The highest BCUT2D eigenvalue weighted by molar-refractivity contribution is 7.91. The van der Waals surface area contributed by atoms with E-state index in [4.69, 9.17) is 28.8 Å². The van der Waals surface area contributed by atoms with Gasteiger partial charge in [0, 0.05) is 0 Å². The molecule has 1 heterocycles. The molecule has 0 aromatic carbocycles. The summed E-state index contributed by atoms with van der Waals surface area (Å²) in [5.74, 6) is 0. The van der Waals surface area contributed by atoms with Crippen molar-refractivity contribution < 1.29 is 18.1 Å². The molecule has 9 nitrogen and oxygen atoms in total. The monoisotopic (exact) mass is 461 g/mol. The number of nitrogens with one attached hydrogen (secondary N) is 4. The lowest BCUT2D eigenvalue weighted by molar-refractivity contribution is 0.195. The first kappa shape index (κ1) is 26.8. The van der Waals surface area contributed by atoms with Crippen LogP contribution in [0.3, 0.4) is 0 Å². The molecule has 0 radical (unpaired) electrons. The first-order valence-electron chi connectivity index (χ1n) is 10.5. The zero-order valence-corrected chi connectivity index (χ0v) is 20.7. The van der Waals surface area contributed by atoms with Crippen LogP contribution in [0.5, 0.6) is 0 Å². The van der Waals surface area contributed by atoms with E-state index in [9.17, 15) is 0 Å². The van der Waals surface area contributed by atoms with E-state index in [2.05, 4.69) is 42.3 Å². The normalized spacial score (nSPS) is 20.3. The zero-order valence-electron chi connectivity index (χ0n) is 18.0. The SMILES string of the molecule is CCCCO[P+]1(OCCCC)NP(=N)(N)N[P+](OCCCC)(OCCCC)N1. The molecule has 1 aliphatic rings. The molecule has 0 amide bonds. The third kappa shape index (κ3) is 9.72. The Balaban J connectivity index is 3.07. The van der Waals surface area contributed by atoms with Gasteiger partial charge >= 0.3 is 16.0 Å². The molecule has 0 aromatic heterocycles. The van der Waals surface area contributed by atoms with Gasteiger partial charge < -0.3 is 0 Å². The summed E-state index contributed by atoms with van der Waals surface area (Å²) >= 11 is 0. The lowest BCUT2D eigenvalue weighted by Gasteiger charge is -2.36. The van der Waals surface area contributed by atoms with Gasteiger partial charge in [0.15, 0.2) is 0 Å². The summed E-state index contributed by atoms with van der Waals surface area (Å²) in [6.07, 6.45) is 7.67. The van der Waals surface area contributed by atoms with Crippen LogP contribution in [0.15, 0.2) is 0 Å². The third-order valence-electron chi connectivity index (χ3n) is 3.93. The predicted octanol–water partition coefficient (Wildman–Crippen LogP) is 5.87. The Hall–Kier alpha value is 0.770. The molecular weight excluding hydrogens is 419 g/mol. The van der Waals surface area contributed by atoms with Crippen LogP contribution >= 0.6 is 23.5 Å². The smallest absolute Gasteiger partial charge is 0.273 e. The van der Waals surface area contributed by atoms with E-state index >= 15 is 0 Å². The molecule has 28 heavy (non-hydrogen) atoms. The van der Waals surface area contributed by atoms with Gasteiger partial charge in [-0.2, -0.15) is 18.1 Å². The second-order valence-electron chi connectivity index (χ2n) is 6.87. The second kappa shape index (κ2) is 14.0. The number of unbranched alkanes of at least 4 members (excludes halogenated alkanes) is 4. The molecule has 0 saturated carbocycles. The van der Waals surface area contributed by atoms with Gasteiger partial charge in [0.1, 0.15) is 0 Å². The van der Waals surface area contributed by atoms with Crippen molar-refractivity contribution in [3.05, 3.63) is 0 Å². The number of hydrogen-bond acceptors (Lipinski definition) is 6. The quantitative estimate of drug-likeness (QED) is 0.143. The molecule has 0 aliphatic carbocycles. The van der Waals surface area contributed by atoms with Crippen LogP contribution in [0.2, 0.25) is 0 Å². The average Bonchev–Trinajstić information content (AvgIpc) is 2.61. The molecule has 168 valence electrons. The van der Waals surface area contributed by atoms with Gasteiger partial charge in [-0.05, 0) is 25.7 Å². The van der Waals surface area contributed by atoms with E-state index in [1.165, 1.54) is 0 Å². The Morgan fingerprint density at radius 1 is 0.679 bits per heavy atom. The maximum Gasteiger partial charge on any atom is 0.477 e. The highest BCUT2D eigenvalue weighted by atomic mass is 31.3. The molecule has 1 fully saturated rings. The summed E-state index contributed by atoms with van der Waals surface area (Å²) in [7, 11) is -8.62. The van der Waals surface area contributed by atoms with Gasteiger partial charge in [-0.15, -0.1) is 0 Å². The first-order valence-corrected chi connectivity index (χ1v) is 15.6. The van der Waals surface area contributed by atoms with Crippen LogP contribution in [-0.4, -0.2) is 26.4 Å². The van der Waals surface area contributed by atoms with Crippen molar-refractivity contribution in [3.63, 3.8) is 0 Å². The molecule has 0 bridgehead atoms. The minimum Gasteiger partial charge on any atom is -0.273 e. The Morgan fingerprint density at radius 3 is 1.21 bits per heavy atom. The van der Waals surface area contributed by atoms with E-state index in [1.54, 1.807) is 0 Å². The number of rotatable bonds is 16. The minimum atomic E-state index is -2.99. The van der Waals surface area contributed by atoms with Gasteiger partial charge in [-0.25, -0.2) is 0 Å². The summed E-state index contributed by atoms with van der Waals surface area (Å²) in [5, 5.41) is 8.62. The maximum atomic E-state index is 8.62. The Morgan fingerprint density at radius 2 is 0.964 bits per heavy atom. The van der Waals surface area contributed by atoms with Gasteiger partial charge in [-0.1, -0.05) is 63.1 Å². The lowest BCUT2D eigenvalue weighted by Crippen LogP contribution is -2.46. The first-order chi connectivity index (χ1) is 13.4. The fourth-order valence-electron chi connectivity index (χ4n) is 2.31. The molecule has 6 N–H and O–H groups in total. The van der Waals surface area contributed by atoms with E-state index in [1.807, 2.05) is 0 Å². The molecule has 1 aliphatic heterocycles. The van der Waals surface area contributed by atoms with Crippen molar-refractivity contribution in [2.24, 2.45) is 5.50 Å². The molecule has 12 heteroatoms. The standard InChI is InChI=1S/C16H42N5O4P3/c1-5-9-13-22-27(23-14-10-6-2)19-26(17,18)20-28(21-27,24-15-11-7-3)25-16-12-8-4/h21H,5-16H2,1-4H3,(H5,17,18,19,20)/q+2. The lowest BCUT2D eigenvalue weighted by atomic mass is 10.4. The molecule has 0 aromatic rings. The number of hydrogen-bond donors (Lipinski definition) is 5. The summed E-state index contributed by atoms with van der Waals surface area (Å²) in [5.41, 5.74) is 6.30. The van der Waals surface area contributed by atoms with E-state index < -0.39 is 23.5 Å². The van der Waals surface area contributed by atoms with Crippen molar-refractivity contribution >= 4 is 23.5 Å². The van der Waals surface area contributed by atoms with Crippen molar-refractivity contribution in [1.29, 1.82) is 5.16 Å². The van der Waals surface area contributed by atoms with Crippen molar-refractivity contribution in [2.75, 3.05) is 26.4 Å². The molecule has 0 unspecified atom stereocenters.